The molecule has 1 heterocycles. The van der Waals surface area contributed by atoms with E-state index in [1.54, 1.807) is 30.3 Å². The van der Waals surface area contributed by atoms with Crippen molar-refractivity contribution in [3.05, 3.63) is 76.9 Å². The van der Waals surface area contributed by atoms with Gasteiger partial charge < -0.3 is 10.1 Å². The van der Waals surface area contributed by atoms with Gasteiger partial charge in [-0.3, -0.25) is 4.79 Å². The number of carbonyl (C=O) groups is 2. The molecule has 0 bridgehead atoms. The van der Waals surface area contributed by atoms with E-state index in [2.05, 4.69) is 16.1 Å². The SMILES string of the molecule is COC(=O)c1ccc(C(=O)/C=C2\NCCc3ccccc32)cc1. The lowest BCUT2D eigenvalue weighted by molar-refractivity contribution is 0.0600. The minimum absolute atomic E-state index is 0.0966. The van der Waals surface area contributed by atoms with Gasteiger partial charge in [-0.2, -0.15) is 0 Å². The fourth-order valence-electron chi connectivity index (χ4n) is 2.66. The van der Waals surface area contributed by atoms with Gasteiger partial charge in [0.2, 0.25) is 0 Å². The molecule has 0 aliphatic carbocycles. The highest BCUT2D eigenvalue weighted by Gasteiger charge is 2.15. The molecule has 4 nitrogen and oxygen atoms in total. The molecule has 2 aromatic rings. The average Bonchev–Trinajstić information content (AvgIpc) is 2.61. The Kier molecular flexibility index (Phi) is 4.24. The highest BCUT2D eigenvalue weighted by molar-refractivity contribution is 6.09. The van der Waals surface area contributed by atoms with E-state index in [4.69, 9.17) is 0 Å². The molecule has 0 radical (unpaired) electrons. The standard InChI is InChI=1S/C19H17NO3/c1-23-19(22)15-8-6-14(7-9-15)18(21)12-17-16-5-3-2-4-13(16)10-11-20-17/h2-9,12,20H,10-11H2,1H3/b17-12-. The van der Waals surface area contributed by atoms with Gasteiger partial charge in [0.1, 0.15) is 0 Å². The van der Waals surface area contributed by atoms with Crippen LogP contribution in [0.4, 0.5) is 0 Å². The molecule has 0 saturated heterocycles. The minimum Gasteiger partial charge on any atom is -0.465 e. The number of nitrogens with one attached hydrogen (secondary N) is 1. The third-order valence-electron chi connectivity index (χ3n) is 3.88. The van der Waals surface area contributed by atoms with Gasteiger partial charge in [0.15, 0.2) is 5.78 Å². The van der Waals surface area contributed by atoms with Crippen molar-refractivity contribution in [2.24, 2.45) is 0 Å². The predicted molar refractivity (Wildman–Crippen MR) is 88.2 cm³/mol. The van der Waals surface area contributed by atoms with Crippen LogP contribution in [-0.2, 0) is 11.2 Å². The molecule has 0 saturated carbocycles. The fraction of sp³-hybridized carbons (Fsp3) is 0.158. The zero-order valence-electron chi connectivity index (χ0n) is 12.8. The van der Waals surface area contributed by atoms with Gasteiger partial charge in [-0.1, -0.05) is 36.4 Å². The maximum atomic E-state index is 12.4. The van der Waals surface area contributed by atoms with E-state index < -0.39 is 5.97 Å². The van der Waals surface area contributed by atoms with E-state index in [-0.39, 0.29) is 5.78 Å². The van der Waals surface area contributed by atoms with Crippen LogP contribution in [0.15, 0.2) is 54.6 Å². The van der Waals surface area contributed by atoms with E-state index in [1.165, 1.54) is 12.7 Å². The Bertz CT molecular complexity index is 775. The minimum atomic E-state index is -0.412. The van der Waals surface area contributed by atoms with Crippen molar-refractivity contribution in [3.8, 4) is 0 Å². The van der Waals surface area contributed by atoms with Crippen LogP contribution in [0.25, 0.3) is 5.70 Å². The lowest BCUT2D eigenvalue weighted by Gasteiger charge is -2.20. The van der Waals surface area contributed by atoms with E-state index in [0.717, 1.165) is 24.2 Å². The monoisotopic (exact) mass is 307 g/mol. The lowest BCUT2D eigenvalue weighted by Crippen LogP contribution is -2.23. The molecule has 3 rings (SSSR count). The van der Waals surface area contributed by atoms with E-state index >= 15 is 0 Å². The molecule has 4 heteroatoms. The second kappa shape index (κ2) is 6.48. The number of esters is 1. The number of ketones is 1. The summed E-state index contributed by atoms with van der Waals surface area (Å²) in [5.41, 5.74) is 4.12. The number of allylic oxidation sites excluding steroid dienone is 1. The van der Waals surface area contributed by atoms with Crippen LogP contribution in [0.1, 0.15) is 31.8 Å². The lowest BCUT2D eigenvalue weighted by atomic mass is 9.96. The van der Waals surface area contributed by atoms with Gasteiger partial charge in [-0.25, -0.2) is 4.79 Å². The third-order valence-corrected chi connectivity index (χ3v) is 3.88. The van der Waals surface area contributed by atoms with E-state index in [1.807, 2.05) is 18.2 Å². The zero-order valence-corrected chi connectivity index (χ0v) is 12.8. The summed E-state index contributed by atoms with van der Waals surface area (Å²) >= 11 is 0. The van der Waals surface area contributed by atoms with Gasteiger partial charge in [-0.05, 0) is 24.1 Å². The maximum absolute atomic E-state index is 12.4. The molecule has 0 spiro atoms. The van der Waals surface area contributed by atoms with Crippen LogP contribution in [0.5, 0.6) is 0 Å². The number of ether oxygens (including phenoxy) is 1. The van der Waals surface area contributed by atoms with Gasteiger partial charge in [0, 0.05) is 29.4 Å². The van der Waals surface area contributed by atoms with Crippen LogP contribution in [0, 0.1) is 0 Å². The molecule has 2 aromatic carbocycles. The number of benzene rings is 2. The fourth-order valence-corrected chi connectivity index (χ4v) is 2.66. The van der Waals surface area contributed by atoms with Crippen molar-refractivity contribution < 1.29 is 14.3 Å². The topological polar surface area (TPSA) is 55.4 Å². The molecular weight excluding hydrogens is 290 g/mol. The maximum Gasteiger partial charge on any atom is 0.337 e. The van der Waals surface area contributed by atoms with Crippen LogP contribution < -0.4 is 5.32 Å². The highest BCUT2D eigenvalue weighted by atomic mass is 16.5. The van der Waals surface area contributed by atoms with Crippen molar-refractivity contribution in [1.29, 1.82) is 0 Å². The summed E-state index contributed by atoms with van der Waals surface area (Å²) in [6.07, 6.45) is 2.57. The summed E-state index contributed by atoms with van der Waals surface area (Å²) < 4.78 is 4.65. The van der Waals surface area contributed by atoms with E-state index in [9.17, 15) is 9.59 Å². The Morgan fingerprint density at radius 1 is 1.04 bits per heavy atom. The molecule has 1 N–H and O–H groups in total. The molecule has 116 valence electrons. The van der Waals surface area contributed by atoms with Gasteiger partial charge >= 0.3 is 5.97 Å². The van der Waals surface area contributed by atoms with Crippen LogP contribution in [-0.4, -0.2) is 25.4 Å². The third kappa shape index (κ3) is 3.16. The molecule has 1 aliphatic rings. The smallest absolute Gasteiger partial charge is 0.337 e. The van der Waals surface area contributed by atoms with Crippen molar-refractivity contribution in [1.82, 2.24) is 5.32 Å². The largest absolute Gasteiger partial charge is 0.465 e. The first-order valence-corrected chi connectivity index (χ1v) is 7.45. The van der Waals surface area contributed by atoms with Crippen molar-refractivity contribution in [3.63, 3.8) is 0 Å². The molecule has 0 aromatic heterocycles. The second-order valence-corrected chi connectivity index (χ2v) is 5.33. The molecule has 0 amide bonds. The number of methoxy groups -OCH3 is 1. The number of carbonyl (C=O) groups excluding carboxylic acids is 2. The number of rotatable bonds is 3. The van der Waals surface area contributed by atoms with Crippen LogP contribution in [0.2, 0.25) is 0 Å². The highest BCUT2D eigenvalue weighted by Crippen LogP contribution is 2.22. The Labute approximate surface area is 134 Å². The van der Waals surface area contributed by atoms with E-state index in [0.29, 0.717) is 11.1 Å². The Balaban J connectivity index is 1.86. The van der Waals surface area contributed by atoms with Crippen molar-refractivity contribution in [2.45, 2.75) is 6.42 Å². The molecule has 1 aliphatic heterocycles. The van der Waals surface area contributed by atoms with Crippen molar-refractivity contribution >= 4 is 17.4 Å². The van der Waals surface area contributed by atoms with Gasteiger partial charge in [0.05, 0.1) is 12.7 Å². The summed E-state index contributed by atoms with van der Waals surface area (Å²) in [5.74, 6) is -0.508. The quantitative estimate of drug-likeness (QED) is 0.538. The molecule has 0 unspecified atom stereocenters. The first-order chi connectivity index (χ1) is 11.2. The first kappa shape index (κ1) is 15.0. The average molecular weight is 307 g/mol. The Morgan fingerprint density at radius 3 is 2.48 bits per heavy atom. The Morgan fingerprint density at radius 2 is 1.74 bits per heavy atom. The summed E-state index contributed by atoms with van der Waals surface area (Å²) in [5, 5.41) is 3.28. The molecule has 0 atom stereocenters. The number of hydrogen-bond acceptors (Lipinski definition) is 4. The van der Waals surface area contributed by atoms with Crippen LogP contribution in [0.3, 0.4) is 0 Å². The Hall–Kier alpha value is -2.88. The number of hydrogen-bond donors (Lipinski definition) is 1. The van der Waals surface area contributed by atoms with Gasteiger partial charge in [0.25, 0.3) is 0 Å². The first-order valence-electron chi connectivity index (χ1n) is 7.45. The number of fused-ring (bicyclic) bond motifs is 1. The summed E-state index contributed by atoms with van der Waals surface area (Å²) in [6, 6.07) is 14.5. The summed E-state index contributed by atoms with van der Waals surface area (Å²) in [4.78, 5) is 23.9. The zero-order chi connectivity index (χ0) is 16.2. The normalized spacial score (nSPS) is 14.7. The van der Waals surface area contributed by atoms with Crippen molar-refractivity contribution in [2.75, 3.05) is 13.7 Å². The second-order valence-electron chi connectivity index (χ2n) is 5.33. The molecule has 0 fully saturated rings. The molecule has 23 heavy (non-hydrogen) atoms. The molecular formula is C19H17NO3. The summed E-state index contributed by atoms with van der Waals surface area (Å²) in [6.45, 7) is 0.817. The summed E-state index contributed by atoms with van der Waals surface area (Å²) in [7, 11) is 1.33. The van der Waals surface area contributed by atoms with Gasteiger partial charge in [-0.15, -0.1) is 0 Å². The predicted octanol–water partition coefficient (Wildman–Crippen LogP) is 2.84. The van der Waals surface area contributed by atoms with Crippen LogP contribution >= 0.6 is 0 Å².